The minimum Gasteiger partial charge on any atom is -0.493 e. The molecule has 0 unspecified atom stereocenters. The standard InChI is InChI=1S/C40H35N5O11S4/c1-2-3-4-5-6-7-24-41-39(46)33-34(40(47)48)36(58-30-18-10-26(11-19-30)43(51)52)38(60-32-22-14-28(15-23-32)45(55)56)37(59-31-20-12-27(13-21-31)44(53)54)35(33)57-29-16-8-25(9-17-29)42(49)50/h8-23H,2-7,24H2,1H3,(H,41,46)(H,47,48). The van der Waals surface area contributed by atoms with E-state index in [0.717, 1.165) is 79.2 Å². The van der Waals surface area contributed by atoms with Gasteiger partial charge in [0.05, 0.1) is 30.8 Å². The Morgan fingerprint density at radius 2 is 0.783 bits per heavy atom. The first-order valence-electron chi connectivity index (χ1n) is 18.2. The lowest BCUT2D eigenvalue weighted by molar-refractivity contribution is -0.385. The van der Waals surface area contributed by atoms with Gasteiger partial charge in [0.15, 0.2) is 0 Å². The van der Waals surface area contributed by atoms with E-state index in [-0.39, 0.29) is 50.2 Å². The van der Waals surface area contributed by atoms with Crippen LogP contribution in [0.4, 0.5) is 22.7 Å². The fourth-order valence-corrected chi connectivity index (χ4v) is 10.3. The number of benzene rings is 5. The summed E-state index contributed by atoms with van der Waals surface area (Å²) >= 11 is 4.12. The molecular formula is C40H35N5O11S4. The Kier molecular flexibility index (Phi) is 16.1. The first-order chi connectivity index (χ1) is 28.8. The van der Waals surface area contributed by atoms with Crippen molar-refractivity contribution >= 4 is 81.7 Å². The van der Waals surface area contributed by atoms with Crippen molar-refractivity contribution in [2.75, 3.05) is 6.54 Å². The van der Waals surface area contributed by atoms with Crippen LogP contribution in [0.1, 0.15) is 61.4 Å². The first-order valence-corrected chi connectivity index (χ1v) is 21.4. The number of nitrogens with zero attached hydrogens (tertiary/aromatic N) is 5. The number of unbranched alkanes of at least 4 members (excludes halogenated alkanes) is 5. The van der Waals surface area contributed by atoms with Gasteiger partial charge in [0.2, 0.25) is 5.90 Å². The molecule has 0 spiro atoms. The molecule has 2 N–H and O–H groups in total. The maximum atomic E-state index is 13.7. The SMILES string of the molecule is CCCCCCCCN=C(O)c1c(Sc2ccc([N+](=O)[O-])cc2)c(Sc2ccc([N+](=O)[O-])cc2)c(Sc2ccc([N+](=O)[O-])cc2)c(Sc2ccc([N+](=O)[O-])cc2)c1C(=O)O. The number of hydrogen-bond acceptors (Lipinski definition) is 14. The zero-order chi connectivity index (χ0) is 43.3. The van der Waals surface area contributed by atoms with Crippen LogP contribution < -0.4 is 0 Å². The third kappa shape index (κ3) is 11.8. The number of aliphatic imine (C=N–C) groups is 1. The molecule has 0 radical (unpaired) electrons. The van der Waals surface area contributed by atoms with Gasteiger partial charge in [-0.25, -0.2) is 4.79 Å². The molecule has 60 heavy (non-hydrogen) atoms. The Bertz CT molecular complexity index is 2420. The number of hydrogen-bond donors (Lipinski definition) is 2. The lowest BCUT2D eigenvalue weighted by Crippen LogP contribution is -2.15. The van der Waals surface area contributed by atoms with Gasteiger partial charge in [-0.3, -0.25) is 45.4 Å². The second-order valence-corrected chi connectivity index (χ2v) is 17.1. The molecule has 16 nitrogen and oxygen atoms in total. The van der Waals surface area contributed by atoms with Crippen LogP contribution in [0.15, 0.2) is 141 Å². The van der Waals surface area contributed by atoms with Gasteiger partial charge in [-0.05, 0) is 55.0 Å². The fourth-order valence-electron chi connectivity index (χ4n) is 5.63. The molecule has 310 valence electrons. The van der Waals surface area contributed by atoms with Crippen LogP contribution in [0.3, 0.4) is 0 Å². The van der Waals surface area contributed by atoms with E-state index in [1.165, 1.54) is 97.1 Å². The highest BCUT2D eigenvalue weighted by molar-refractivity contribution is 8.05. The molecule has 0 aliphatic carbocycles. The van der Waals surface area contributed by atoms with Crippen LogP contribution in [-0.4, -0.2) is 48.3 Å². The molecule has 0 aliphatic rings. The molecule has 0 heterocycles. The molecule has 20 heteroatoms. The topological polar surface area (TPSA) is 242 Å². The van der Waals surface area contributed by atoms with Gasteiger partial charge >= 0.3 is 5.97 Å². The number of aliphatic hydroxyl groups excluding tert-OH is 1. The Balaban J connectivity index is 1.84. The van der Waals surface area contributed by atoms with Crippen molar-refractivity contribution in [3.8, 4) is 0 Å². The molecule has 0 atom stereocenters. The highest BCUT2D eigenvalue weighted by Gasteiger charge is 2.33. The number of non-ortho nitro benzene ring substituents is 4. The van der Waals surface area contributed by atoms with Crippen LogP contribution in [0.2, 0.25) is 0 Å². The number of aromatic carboxylic acids is 1. The summed E-state index contributed by atoms with van der Waals surface area (Å²) in [7, 11) is 0. The van der Waals surface area contributed by atoms with Crippen LogP contribution in [-0.2, 0) is 0 Å². The highest BCUT2D eigenvalue weighted by atomic mass is 32.2. The fraction of sp³-hybridized carbons (Fsp3) is 0.200. The summed E-state index contributed by atoms with van der Waals surface area (Å²) in [5.74, 6) is -2.05. The van der Waals surface area contributed by atoms with Crippen molar-refractivity contribution in [2.45, 2.75) is 84.6 Å². The third-order valence-electron chi connectivity index (χ3n) is 8.60. The maximum absolute atomic E-state index is 13.7. The third-order valence-corrected chi connectivity index (χ3v) is 13.5. The number of nitro benzene ring substituents is 4. The minimum atomic E-state index is -1.46. The molecule has 0 saturated heterocycles. The second kappa shape index (κ2) is 21.3. The van der Waals surface area contributed by atoms with Gasteiger partial charge in [-0.2, -0.15) is 0 Å². The van der Waals surface area contributed by atoms with E-state index >= 15 is 0 Å². The quantitative estimate of drug-likeness (QED) is 0.0229. The zero-order valence-corrected chi connectivity index (χ0v) is 34.9. The molecule has 0 fully saturated rings. The van der Waals surface area contributed by atoms with Gasteiger partial charge < -0.3 is 10.2 Å². The van der Waals surface area contributed by atoms with Crippen LogP contribution >= 0.6 is 47.0 Å². The van der Waals surface area contributed by atoms with Gasteiger partial charge in [0, 0.05) is 94.2 Å². The Morgan fingerprint density at radius 1 is 0.483 bits per heavy atom. The summed E-state index contributed by atoms with van der Waals surface area (Å²) in [6.45, 7) is 2.26. The van der Waals surface area contributed by atoms with E-state index < -0.39 is 31.6 Å². The van der Waals surface area contributed by atoms with E-state index in [1.807, 2.05) is 0 Å². The lowest BCUT2D eigenvalue weighted by atomic mass is 10.1. The smallest absolute Gasteiger partial charge is 0.337 e. The molecule has 5 rings (SSSR count). The predicted molar refractivity (Wildman–Crippen MR) is 230 cm³/mol. The molecule has 5 aromatic rings. The van der Waals surface area contributed by atoms with Crippen molar-refractivity contribution in [3.05, 3.63) is 149 Å². The summed E-state index contributed by atoms with van der Waals surface area (Å²) in [5, 5.41) is 69.2. The first kappa shape index (κ1) is 45.1. The Labute approximate surface area is 359 Å². The second-order valence-electron chi connectivity index (χ2n) is 12.8. The van der Waals surface area contributed by atoms with E-state index in [1.54, 1.807) is 0 Å². The van der Waals surface area contributed by atoms with E-state index in [0.29, 0.717) is 35.8 Å². The van der Waals surface area contributed by atoms with E-state index in [2.05, 4.69) is 11.9 Å². The minimum absolute atomic E-state index is 0.0912. The van der Waals surface area contributed by atoms with Gasteiger partial charge in [-0.1, -0.05) is 86.1 Å². The summed E-state index contributed by atoms with van der Waals surface area (Å²) in [6, 6.07) is 22.1. The number of carboxylic acids is 1. The Morgan fingerprint density at radius 3 is 1.10 bits per heavy atom. The molecular weight excluding hydrogens is 855 g/mol. The number of nitro groups is 4. The van der Waals surface area contributed by atoms with Crippen molar-refractivity contribution in [1.82, 2.24) is 0 Å². The number of carboxylic acid groups (broad SMARTS) is 1. The van der Waals surface area contributed by atoms with Crippen molar-refractivity contribution < 1.29 is 34.7 Å². The van der Waals surface area contributed by atoms with Crippen molar-refractivity contribution in [1.29, 1.82) is 0 Å². The largest absolute Gasteiger partial charge is 0.493 e. The van der Waals surface area contributed by atoms with E-state index in [9.17, 15) is 55.5 Å². The van der Waals surface area contributed by atoms with Crippen LogP contribution in [0.5, 0.6) is 0 Å². The molecule has 0 bridgehead atoms. The Hall–Kier alpha value is -5.96. The molecule has 0 aromatic heterocycles. The van der Waals surface area contributed by atoms with Gasteiger partial charge in [-0.15, -0.1) is 0 Å². The average Bonchev–Trinajstić information content (AvgIpc) is 3.22. The number of carbonyl (C=O) groups is 1. The highest BCUT2D eigenvalue weighted by Crippen LogP contribution is 2.54. The van der Waals surface area contributed by atoms with Crippen LogP contribution in [0.25, 0.3) is 0 Å². The number of rotatable bonds is 21. The summed E-state index contributed by atoms with van der Waals surface area (Å²) < 4.78 is 0. The van der Waals surface area contributed by atoms with E-state index in [4.69, 9.17) is 0 Å². The molecule has 0 aliphatic heterocycles. The predicted octanol–water partition coefficient (Wildman–Crippen LogP) is 12.3. The number of aliphatic hydroxyl groups is 1. The van der Waals surface area contributed by atoms with Crippen molar-refractivity contribution in [3.63, 3.8) is 0 Å². The summed E-state index contributed by atoms with van der Waals surface area (Å²) in [5.41, 5.74) is -1.32. The van der Waals surface area contributed by atoms with Crippen molar-refractivity contribution in [2.24, 2.45) is 4.99 Å². The maximum Gasteiger partial charge on any atom is 0.337 e. The van der Waals surface area contributed by atoms with Gasteiger partial charge in [0.1, 0.15) is 0 Å². The normalized spacial score (nSPS) is 11.3. The lowest BCUT2D eigenvalue weighted by Gasteiger charge is -2.24. The molecule has 0 amide bonds. The average molecular weight is 890 g/mol. The summed E-state index contributed by atoms with van der Waals surface area (Å²) in [6.07, 6.45) is 5.54. The monoisotopic (exact) mass is 889 g/mol. The van der Waals surface area contributed by atoms with Crippen LogP contribution in [0, 0.1) is 40.5 Å². The summed E-state index contributed by atoms with van der Waals surface area (Å²) in [4.78, 5) is 64.7. The molecule has 5 aromatic carbocycles. The van der Waals surface area contributed by atoms with Gasteiger partial charge in [0.25, 0.3) is 22.7 Å². The molecule has 0 saturated carbocycles. The zero-order valence-electron chi connectivity index (χ0n) is 31.6.